The van der Waals surface area contributed by atoms with Crippen molar-refractivity contribution in [1.29, 1.82) is 0 Å². The van der Waals surface area contributed by atoms with Crippen LogP contribution in [0, 0.1) is 5.92 Å². The summed E-state index contributed by atoms with van der Waals surface area (Å²) in [5.41, 5.74) is 0.951. The number of ether oxygens (including phenoxy) is 2. The topological polar surface area (TPSA) is 30.5 Å². The quantitative estimate of drug-likeness (QED) is 0.867. The highest BCUT2D eigenvalue weighted by Gasteiger charge is 2.22. The number of hydrogen-bond acceptors (Lipinski definition) is 3. The molecule has 0 amide bonds. The number of alkyl halides is 2. The SMILES string of the molecule is CC(NC(C)C1CCOCC1)c1cccc(OC(F)F)c1. The summed E-state index contributed by atoms with van der Waals surface area (Å²) in [4.78, 5) is 0. The van der Waals surface area contributed by atoms with Gasteiger partial charge in [0.2, 0.25) is 0 Å². The van der Waals surface area contributed by atoms with Gasteiger partial charge in [0.25, 0.3) is 0 Å². The summed E-state index contributed by atoms with van der Waals surface area (Å²) in [6, 6.07) is 7.33. The molecule has 118 valence electrons. The molecule has 2 unspecified atom stereocenters. The zero-order chi connectivity index (χ0) is 15.2. The molecule has 5 heteroatoms. The lowest BCUT2D eigenvalue weighted by Crippen LogP contribution is -2.38. The van der Waals surface area contributed by atoms with E-state index >= 15 is 0 Å². The molecule has 21 heavy (non-hydrogen) atoms. The van der Waals surface area contributed by atoms with Gasteiger partial charge < -0.3 is 14.8 Å². The summed E-state index contributed by atoms with van der Waals surface area (Å²) in [5, 5.41) is 3.55. The van der Waals surface area contributed by atoms with Gasteiger partial charge >= 0.3 is 6.61 Å². The Balaban J connectivity index is 1.94. The van der Waals surface area contributed by atoms with E-state index in [1.54, 1.807) is 18.2 Å². The molecule has 2 atom stereocenters. The monoisotopic (exact) mass is 299 g/mol. The van der Waals surface area contributed by atoms with E-state index in [0.29, 0.717) is 12.0 Å². The van der Waals surface area contributed by atoms with Gasteiger partial charge in [0, 0.05) is 25.3 Å². The summed E-state index contributed by atoms with van der Waals surface area (Å²) in [6.07, 6.45) is 2.13. The fourth-order valence-electron chi connectivity index (χ4n) is 2.80. The van der Waals surface area contributed by atoms with Crippen molar-refractivity contribution in [1.82, 2.24) is 5.32 Å². The second-order valence-corrected chi connectivity index (χ2v) is 5.58. The predicted octanol–water partition coefficient (Wildman–Crippen LogP) is 3.75. The molecule has 1 aliphatic heterocycles. The molecular formula is C16H23F2NO2. The minimum absolute atomic E-state index is 0.0871. The van der Waals surface area contributed by atoms with Crippen LogP contribution in [0.1, 0.15) is 38.3 Å². The van der Waals surface area contributed by atoms with Crippen LogP contribution < -0.4 is 10.1 Å². The van der Waals surface area contributed by atoms with Crippen LogP contribution >= 0.6 is 0 Å². The van der Waals surface area contributed by atoms with E-state index in [2.05, 4.69) is 17.0 Å². The zero-order valence-corrected chi connectivity index (χ0v) is 12.5. The minimum Gasteiger partial charge on any atom is -0.435 e. The first-order valence-electron chi connectivity index (χ1n) is 7.45. The molecule has 2 rings (SSSR count). The summed E-state index contributed by atoms with van der Waals surface area (Å²) in [5.74, 6) is 0.802. The van der Waals surface area contributed by atoms with Crippen LogP contribution in [0.25, 0.3) is 0 Å². The van der Waals surface area contributed by atoms with Crippen LogP contribution in [0.4, 0.5) is 8.78 Å². The zero-order valence-electron chi connectivity index (χ0n) is 12.5. The normalized spacial score (nSPS) is 19.5. The van der Waals surface area contributed by atoms with Gasteiger partial charge in [-0.05, 0) is 50.3 Å². The van der Waals surface area contributed by atoms with Crippen LogP contribution in [-0.2, 0) is 4.74 Å². The third kappa shape index (κ3) is 4.93. The lowest BCUT2D eigenvalue weighted by atomic mass is 9.92. The summed E-state index contributed by atoms with van der Waals surface area (Å²) < 4.78 is 34.3. The highest BCUT2D eigenvalue weighted by Crippen LogP contribution is 2.24. The van der Waals surface area contributed by atoms with Gasteiger partial charge in [-0.3, -0.25) is 0 Å². The molecule has 0 bridgehead atoms. The molecule has 1 fully saturated rings. The van der Waals surface area contributed by atoms with Crippen LogP contribution in [0.5, 0.6) is 5.75 Å². The third-order valence-electron chi connectivity index (χ3n) is 4.07. The largest absolute Gasteiger partial charge is 0.435 e. The Kier molecular flexibility index (Phi) is 5.94. The Morgan fingerprint density at radius 1 is 1.24 bits per heavy atom. The van der Waals surface area contributed by atoms with Gasteiger partial charge in [0.15, 0.2) is 0 Å². The molecule has 1 saturated heterocycles. The summed E-state index contributed by atoms with van der Waals surface area (Å²) in [6.45, 7) is 3.07. The predicted molar refractivity (Wildman–Crippen MR) is 77.6 cm³/mol. The van der Waals surface area contributed by atoms with Gasteiger partial charge in [0.05, 0.1) is 0 Å². The fraction of sp³-hybridized carbons (Fsp3) is 0.625. The van der Waals surface area contributed by atoms with E-state index in [4.69, 9.17) is 4.74 Å². The molecule has 1 aliphatic rings. The second-order valence-electron chi connectivity index (χ2n) is 5.58. The third-order valence-corrected chi connectivity index (χ3v) is 4.07. The van der Waals surface area contributed by atoms with Gasteiger partial charge in [-0.15, -0.1) is 0 Å². The fourth-order valence-corrected chi connectivity index (χ4v) is 2.80. The Morgan fingerprint density at radius 3 is 2.62 bits per heavy atom. The lowest BCUT2D eigenvalue weighted by Gasteiger charge is -2.31. The number of nitrogens with one attached hydrogen (secondary N) is 1. The van der Waals surface area contributed by atoms with E-state index < -0.39 is 6.61 Å². The van der Waals surface area contributed by atoms with Crippen molar-refractivity contribution in [3.8, 4) is 5.75 Å². The standard InChI is InChI=1S/C16H23F2NO2/c1-11(13-6-8-20-9-7-13)19-12(2)14-4-3-5-15(10-14)21-16(17)18/h3-5,10-13,16,19H,6-9H2,1-2H3. The lowest BCUT2D eigenvalue weighted by molar-refractivity contribution is -0.0499. The Labute approximate surface area is 124 Å². The molecule has 1 heterocycles. The van der Waals surface area contributed by atoms with E-state index in [0.717, 1.165) is 31.6 Å². The van der Waals surface area contributed by atoms with Crippen molar-refractivity contribution in [2.75, 3.05) is 13.2 Å². The van der Waals surface area contributed by atoms with Gasteiger partial charge in [-0.1, -0.05) is 12.1 Å². The van der Waals surface area contributed by atoms with E-state index in [1.165, 1.54) is 0 Å². The first kappa shape index (κ1) is 16.2. The Morgan fingerprint density at radius 2 is 1.95 bits per heavy atom. The maximum Gasteiger partial charge on any atom is 0.387 e. The van der Waals surface area contributed by atoms with E-state index in [9.17, 15) is 8.78 Å². The van der Waals surface area contributed by atoms with Crippen molar-refractivity contribution in [3.63, 3.8) is 0 Å². The molecule has 0 spiro atoms. The van der Waals surface area contributed by atoms with E-state index in [-0.39, 0.29) is 11.8 Å². The van der Waals surface area contributed by atoms with Crippen LogP contribution in [-0.4, -0.2) is 25.9 Å². The molecule has 0 radical (unpaired) electrons. The molecule has 1 aromatic carbocycles. The molecule has 0 aromatic heterocycles. The highest BCUT2D eigenvalue weighted by atomic mass is 19.3. The van der Waals surface area contributed by atoms with E-state index in [1.807, 2.05) is 13.0 Å². The number of rotatable bonds is 6. The van der Waals surface area contributed by atoms with Gasteiger partial charge in [-0.25, -0.2) is 0 Å². The average Bonchev–Trinajstić information content (AvgIpc) is 2.47. The molecule has 1 aromatic rings. The minimum atomic E-state index is -2.79. The molecular weight excluding hydrogens is 276 g/mol. The van der Waals surface area contributed by atoms with Crippen LogP contribution in [0.3, 0.4) is 0 Å². The van der Waals surface area contributed by atoms with Crippen LogP contribution in [0.15, 0.2) is 24.3 Å². The first-order chi connectivity index (χ1) is 10.1. The number of halogens is 2. The maximum absolute atomic E-state index is 12.3. The molecule has 0 aliphatic carbocycles. The number of hydrogen-bond donors (Lipinski definition) is 1. The Hall–Kier alpha value is -1.20. The van der Waals surface area contributed by atoms with Crippen molar-refractivity contribution in [2.45, 2.75) is 45.4 Å². The summed E-state index contributed by atoms with van der Waals surface area (Å²) in [7, 11) is 0. The first-order valence-corrected chi connectivity index (χ1v) is 7.45. The highest BCUT2D eigenvalue weighted by molar-refractivity contribution is 5.30. The average molecular weight is 299 g/mol. The van der Waals surface area contributed by atoms with Crippen molar-refractivity contribution in [2.24, 2.45) is 5.92 Å². The van der Waals surface area contributed by atoms with Crippen LogP contribution in [0.2, 0.25) is 0 Å². The molecule has 1 N–H and O–H groups in total. The smallest absolute Gasteiger partial charge is 0.387 e. The van der Waals surface area contributed by atoms with Crippen molar-refractivity contribution in [3.05, 3.63) is 29.8 Å². The maximum atomic E-state index is 12.3. The molecule has 0 saturated carbocycles. The molecule has 3 nitrogen and oxygen atoms in total. The Bertz CT molecular complexity index is 436. The summed E-state index contributed by atoms with van der Waals surface area (Å²) >= 11 is 0. The number of benzene rings is 1. The van der Waals surface area contributed by atoms with Crippen molar-refractivity contribution < 1.29 is 18.3 Å². The van der Waals surface area contributed by atoms with Gasteiger partial charge in [-0.2, -0.15) is 8.78 Å². The van der Waals surface area contributed by atoms with Crippen molar-refractivity contribution >= 4 is 0 Å². The second kappa shape index (κ2) is 7.71. The van der Waals surface area contributed by atoms with Gasteiger partial charge in [0.1, 0.15) is 5.75 Å².